The number of furan rings is 1. The Balaban J connectivity index is 2.16. The molecule has 2 rings (SSSR count). The summed E-state index contributed by atoms with van der Waals surface area (Å²) in [5.41, 5.74) is -1.14. The van der Waals surface area contributed by atoms with Crippen LogP contribution >= 0.6 is 0 Å². The summed E-state index contributed by atoms with van der Waals surface area (Å²) in [6.07, 6.45) is -3.24. The molecular weight excluding hydrogens is 290 g/mol. The molecule has 0 fully saturated rings. The highest BCUT2D eigenvalue weighted by molar-refractivity contribution is 5.30. The van der Waals surface area contributed by atoms with Crippen LogP contribution in [-0.2, 0) is 12.7 Å². The van der Waals surface area contributed by atoms with Gasteiger partial charge in [0.2, 0.25) is 0 Å². The molecule has 0 saturated carbocycles. The fourth-order valence-corrected chi connectivity index (χ4v) is 1.94. The zero-order chi connectivity index (χ0) is 15.5. The minimum absolute atomic E-state index is 0.103. The molecule has 0 radical (unpaired) electrons. The van der Waals surface area contributed by atoms with E-state index < -0.39 is 23.6 Å². The van der Waals surface area contributed by atoms with Crippen molar-refractivity contribution in [1.82, 2.24) is 5.32 Å². The molecule has 0 spiro atoms. The monoisotopic (exact) mass is 303 g/mol. The normalized spacial score (nSPS) is 13.4. The average molecular weight is 303 g/mol. The quantitative estimate of drug-likeness (QED) is 0.833. The second-order valence-corrected chi connectivity index (χ2v) is 4.43. The third kappa shape index (κ3) is 3.83. The van der Waals surface area contributed by atoms with E-state index in [2.05, 4.69) is 5.32 Å². The molecule has 1 atom stereocenters. The predicted octanol–water partition coefficient (Wildman–Crippen LogP) is 3.26. The molecule has 0 amide bonds. The van der Waals surface area contributed by atoms with Crippen LogP contribution in [0.4, 0.5) is 17.6 Å². The molecule has 114 valence electrons. The van der Waals surface area contributed by atoms with Crippen LogP contribution in [0.15, 0.2) is 41.0 Å². The van der Waals surface area contributed by atoms with Gasteiger partial charge in [-0.3, -0.25) is 0 Å². The molecule has 2 N–H and O–H groups in total. The maximum Gasteiger partial charge on any atom is 0.416 e. The second-order valence-electron chi connectivity index (χ2n) is 4.43. The lowest BCUT2D eigenvalue weighted by molar-refractivity contribution is -0.138. The van der Waals surface area contributed by atoms with E-state index in [0.29, 0.717) is 11.8 Å². The number of halogens is 4. The summed E-state index contributed by atoms with van der Waals surface area (Å²) >= 11 is 0. The van der Waals surface area contributed by atoms with Gasteiger partial charge in [-0.2, -0.15) is 13.2 Å². The van der Waals surface area contributed by atoms with Crippen LogP contribution in [0.1, 0.15) is 22.9 Å². The molecule has 1 aromatic heterocycles. The molecule has 21 heavy (non-hydrogen) atoms. The summed E-state index contributed by atoms with van der Waals surface area (Å²) in [6, 6.07) is 5.07. The molecule has 1 aromatic carbocycles. The van der Waals surface area contributed by atoms with E-state index in [1.807, 2.05) is 0 Å². The lowest BCUT2D eigenvalue weighted by Crippen LogP contribution is -2.25. The number of rotatable bonds is 5. The van der Waals surface area contributed by atoms with E-state index in [1.165, 1.54) is 6.26 Å². The zero-order valence-electron chi connectivity index (χ0n) is 10.8. The molecule has 0 aliphatic carbocycles. The van der Waals surface area contributed by atoms with E-state index in [4.69, 9.17) is 4.42 Å². The van der Waals surface area contributed by atoms with Gasteiger partial charge in [-0.15, -0.1) is 0 Å². The van der Waals surface area contributed by atoms with Crippen molar-refractivity contribution >= 4 is 0 Å². The summed E-state index contributed by atoms with van der Waals surface area (Å²) < 4.78 is 56.6. The van der Waals surface area contributed by atoms with Crippen molar-refractivity contribution in [2.75, 3.05) is 6.61 Å². The summed E-state index contributed by atoms with van der Waals surface area (Å²) in [7, 11) is 0. The van der Waals surface area contributed by atoms with Crippen molar-refractivity contribution < 1.29 is 27.1 Å². The zero-order valence-corrected chi connectivity index (χ0v) is 10.8. The Labute approximate surface area is 118 Å². The first-order valence-electron chi connectivity index (χ1n) is 6.15. The minimum atomic E-state index is -4.64. The fourth-order valence-electron chi connectivity index (χ4n) is 1.94. The summed E-state index contributed by atoms with van der Waals surface area (Å²) in [4.78, 5) is 0. The molecule has 7 heteroatoms. The van der Waals surface area contributed by atoms with E-state index in [9.17, 15) is 22.7 Å². The third-order valence-corrected chi connectivity index (χ3v) is 2.99. The predicted molar refractivity (Wildman–Crippen MR) is 66.8 cm³/mol. The molecule has 0 bridgehead atoms. The van der Waals surface area contributed by atoms with Gasteiger partial charge in [0.25, 0.3) is 0 Å². The van der Waals surface area contributed by atoms with Crippen molar-refractivity contribution in [3.63, 3.8) is 0 Å². The Hall–Kier alpha value is -1.86. The van der Waals surface area contributed by atoms with Gasteiger partial charge in [0.1, 0.15) is 11.6 Å². The molecule has 0 saturated heterocycles. The molecule has 0 aliphatic heterocycles. The van der Waals surface area contributed by atoms with E-state index in [-0.39, 0.29) is 18.7 Å². The maximum absolute atomic E-state index is 13.0. The largest absolute Gasteiger partial charge is 0.468 e. The molecule has 1 unspecified atom stereocenters. The summed E-state index contributed by atoms with van der Waals surface area (Å²) in [5, 5.41) is 12.0. The molecular formula is C14H13F4NO2. The number of hydrogen-bond donors (Lipinski definition) is 2. The third-order valence-electron chi connectivity index (χ3n) is 2.99. The standard InChI is InChI=1S/C14H13F4NO2/c15-10-4-3-9(11(6-10)14(16,17)18)7-19-12(8-20)13-2-1-5-21-13/h1-6,12,19-20H,7-8H2. The van der Waals surface area contributed by atoms with Crippen LogP contribution in [-0.4, -0.2) is 11.7 Å². The van der Waals surface area contributed by atoms with E-state index in [1.54, 1.807) is 12.1 Å². The van der Waals surface area contributed by atoms with Gasteiger partial charge in [-0.25, -0.2) is 4.39 Å². The first kappa shape index (κ1) is 15.5. The van der Waals surface area contributed by atoms with Crippen LogP contribution in [0.2, 0.25) is 0 Å². The van der Waals surface area contributed by atoms with Crippen molar-refractivity contribution in [3.05, 3.63) is 59.3 Å². The summed E-state index contributed by atoms with van der Waals surface area (Å²) in [6.45, 7) is -0.517. The molecule has 0 aliphatic rings. The Bertz CT molecular complexity index is 581. The maximum atomic E-state index is 13.0. The number of alkyl halides is 3. The Morgan fingerprint density at radius 3 is 2.57 bits per heavy atom. The number of nitrogens with one attached hydrogen (secondary N) is 1. The van der Waals surface area contributed by atoms with Gasteiger partial charge in [0, 0.05) is 6.54 Å². The van der Waals surface area contributed by atoms with Gasteiger partial charge in [0.15, 0.2) is 0 Å². The van der Waals surface area contributed by atoms with Gasteiger partial charge >= 0.3 is 6.18 Å². The first-order valence-corrected chi connectivity index (χ1v) is 6.15. The highest BCUT2D eigenvalue weighted by Crippen LogP contribution is 2.32. The van der Waals surface area contributed by atoms with Crippen LogP contribution in [0.25, 0.3) is 0 Å². The number of benzene rings is 1. The Morgan fingerprint density at radius 1 is 1.24 bits per heavy atom. The van der Waals surface area contributed by atoms with Crippen LogP contribution in [0.3, 0.4) is 0 Å². The second kappa shape index (κ2) is 6.28. The van der Waals surface area contributed by atoms with E-state index in [0.717, 1.165) is 12.1 Å². The van der Waals surface area contributed by atoms with Crippen molar-refractivity contribution in [2.45, 2.75) is 18.8 Å². The average Bonchev–Trinajstić information content (AvgIpc) is 2.94. The topological polar surface area (TPSA) is 45.4 Å². The highest BCUT2D eigenvalue weighted by Gasteiger charge is 2.33. The lowest BCUT2D eigenvalue weighted by atomic mass is 10.1. The van der Waals surface area contributed by atoms with Gasteiger partial charge in [-0.05, 0) is 29.8 Å². The number of hydrogen-bond acceptors (Lipinski definition) is 3. The number of aliphatic hydroxyl groups is 1. The Morgan fingerprint density at radius 2 is 2.00 bits per heavy atom. The highest BCUT2D eigenvalue weighted by atomic mass is 19.4. The van der Waals surface area contributed by atoms with Crippen LogP contribution in [0, 0.1) is 5.82 Å². The van der Waals surface area contributed by atoms with Crippen molar-refractivity contribution in [2.24, 2.45) is 0 Å². The van der Waals surface area contributed by atoms with Gasteiger partial charge in [0.05, 0.1) is 24.5 Å². The van der Waals surface area contributed by atoms with Crippen molar-refractivity contribution in [3.8, 4) is 0 Å². The van der Waals surface area contributed by atoms with E-state index >= 15 is 0 Å². The number of aliphatic hydroxyl groups excluding tert-OH is 1. The fraction of sp³-hybridized carbons (Fsp3) is 0.286. The van der Waals surface area contributed by atoms with Gasteiger partial charge in [-0.1, -0.05) is 6.07 Å². The first-order chi connectivity index (χ1) is 9.91. The molecule has 1 heterocycles. The Kier molecular flexibility index (Phi) is 4.64. The smallest absolute Gasteiger partial charge is 0.416 e. The van der Waals surface area contributed by atoms with Crippen LogP contribution in [0.5, 0.6) is 0 Å². The lowest BCUT2D eigenvalue weighted by Gasteiger charge is -2.17. The summed E-state index contributed by atoms with van der Waals surface area (Å²) in [5.74, 6) is -0.538. The minimum Gasteiger partial charge on any atom is -0.468 e. The van der Waals surface area contributed by atoms with Crippen molar-refractivity contribution in [1.29, 1.82) is 0 Å². The molecule has 2 aromatic rings. The van der Waals surface area contributed by atoms with Crippen LogP contribution < -0.4 is 5.32 Å². The molecule has 3 nitrogen and oxygen atoms in total. The SMILES string of the molecule is OCC(NCc1ccc(F)cc1C(F)(F)F)c1ccco1. The van der Waals surface area contributed by atoms with Gasteiger partial charge < -0.3 is 14.8 Å².